The van der Waals surface area contributed by atoms with E-state index in [4.69, 9.17) is 0 Å². The van der Waals surface area contributed by atoms with Gasteiger partial charge in [-0.05, 0) is 12.8 Å². The Morgan fingerprint density at radius 1 is 1.45 bits per heavy atom. The van der Waals surface area contributed by atoms with Crippen molar-refractivity contribution >= 4 is 28.5 Å². The molecular weight excluding hydrogens is 298 g/mol. The van der Waals surface area contributed by atoms with Gasteiger partial charge in [-0.1, -0.05) is 11.6 Å². The molecule has 0 radical (unpaired) electrons. The van der Waals surface area contributed by atoms with Crippen molar-refractivity contribution in [3.63, 3.8) is 0 Å². The summed E-state index contributed by atoms with van der Waals surface area (Å²) in [6.45, 7) is 4.50. The summed E-state index contributed by atoms with van der Waals surface area (Å²) in [6.07, 6.45) is 10.0. The van der Waals surface area contributed by atoms with Crippen LogP contribution in [0.15, 0.2) is 24.2 Å². The van der Waals surface area contributed by atoms with Gasteiger partial charge in [0, 0.05) is 49.4 Å². The molecule has 3 heterocycles. The van der Waals surface area contributed by atoms with Crippen LogP contribution in [0, 0.1) is 0 Å². The van der Waals surface area contributed by atoms with Crippen LogP contribution in [-0.2, 0) is 11.3 Å². The van der Waals surface area contributed by atoms with Crippen molar-refractivity contribution in [2.45, 2.75) is 26.3 Å². The van der Waals surface area contributed by atoms with Crippen LogP contribution in [0.5, 0.6) is 0 Å². The number of aromatic nitrogens is 3. The zero-order valence-electron chi connectivity index (χ0n) is 12.5. The molecule has 0 saturated carbocycles. The van der Waals surface area contributed by atoms with E-state index in [1.54, 1.807) is 11.3 Å². The summed E-state index contributed by atoms with van der Waals surface area (Å²) < 4.78 is 0. The number of rotatable bonds is 4. The number of hydrogen-bond acceptors (Lipinski definition) is 5. The number of likely N-dealkylation sites (tertiary alicyclic amines) is 1. The Labute approximate surface area is 133 Å². The molecule has 1 amide bonds. The zero-order valence-corrected chi connectivity index (χ0v) is 13.3. The molecule has 3 rings (SSSR count). The summed E-state index contributed by atoms with van der Waals surface area (Å²) in [5.41, 5.74) is 2.62. The number of hydrogen-bond donors (Lipinski definition) is 2. The highest BCUT2D eigenvalue weighted by molar-refractivity contribution is 7.15. The highest BCUT2D eigenvalue weighted by atomic mass is 32.1. The third-order valence-corrected chi connectivity index (χ3v) is 4.50. The largest absolute Gasteiger partial charge is 0.302 e. The van der Waals surface area contributed by atoms with Crippen molar-refractivity contribution in [2.75, 3.05) is 18.4 Å². The topological polar surface area (TPSA) is 73.9 Å². The molecule has 1 aliphatic rings. The quantitative estimate of drug-likeness (QED) is 0.908. The van der Waals surface area contributed by atoms with Gasteiger partial charge < -0.3 is 5.32 Å². The van der Waals surface area contributed by atoms with E-state index in [1.165, 1.54) is 17.4 Å². The summed E-state index contributed by atoms with van der Waals surface area (Å²) in [5, 5.41) is 10.2. The first kappa shape index (κ1) is 14.9. The fourth-order valence-electron chi connectivity index (χ4n) is 2.53. The molecule has 0 atom stereocenters. The molecule has 0 bridgehead atoms. The number of carbonyl (C=O) groups is 1. The molecular formula is C15H19N5OS. The molecule has 2 aromatic rings. The first-order valence-corrected chi connectivity index (χ1v) is 8.13. The fraction of sp³-hybridized carbons (Fsp3) is 0.400. The zero-order chi connectivity index (χ0) is 15.4. The number of piperidine rings is 1. The fourth-order valence-corrected chi connectivity index (χ4v) is 3.43. The Morgan fingerprint density at radius 3 is 2.95 bits per heavy atom. The van der Waals surface area contributed by atoms with E-state index in [9.17, 15) is 4.79 Å². The number of aromatic amines is 1. The smallest absolute Gasteiger partial charge is 0.223 e. The molecule has 0 spiro atoms. The second-order valence-electron chi connectivity index (χ2n) is 5.42. The van der Waals surface area contributed by atoms with Crippen molar-refractivity contribution in [3.05, 3.63) is 34.6 Å². The number of thiazole rings is 1. The Bertz CT molecular complexity index is 651. The Balaban J connectivity index is 1.51. The molecule has 116 valence electrons. The lowest BCUT2D eigenvalue weighted by Gasteiger charge is -2.27. The highest BCUT2D eigenvalue weighted by Gasteiger charge is 2.15. The van der Waals surface area contributed by atoms with Gasteiger partial charge in [-0.2, -0.15) is 5.10 Å². The van der Waals surface area contributed by atoms with Gasteiger partial charge in [0.1, 0.15) is 0 Å². The average Bonchev–Trinajstić information content (AvgIpc) is 3.13. The van der Waals surface area contributed by atoms with Crippen LogP contribution in [0.2, 0.25) is 0 Å². The van der Waals surface area contributed by atoms with Crippen LogP contribution >= 0.6 is 11.3 Å². The number of anilines is 1. The Hall–Kier alpha value is -1.99. The molecule has 2 N–H and O–H groups in total. The summed E-state index contributed by atoms with van der Waals surface area (Å²) in [4.78, 5) is 18.9. The molecule has 22 heavy (non-hydrogen) atoms. The molecule has 7 heteroatoms. The lowest BCUT2D eigenvalue weighted by Crippen LogP contribution is -2.29. The predicted molar refractivity (Wildman–Crippen MR) is 87.5 cm³/mol. The van der Waals surface area contributed by atoms with Gasteiger partial charge in [0.15, 0.2) is 5.13 Å². The molecule has 2 aromatic heterocycles. The third-order valence-electron chi connectivity index (χ3n) is 3.60. The van der Waals surface area contributed by atoms with Crippen LogP contribution in [-0.4, -0.2) is 39.1 Å². The first-order chi connectivity index (χ1) is 10.7. The molecule has 0 unspecified atom stereocenters. The van der Waals surface area contributed by atoms with E-state index in [-0.39, 0.29) is 5.91 Å². The maximum absolute atomic E-state index is 11.0. The van der Waals surface area contributed by atoms with Crippen molar-refractivity contribution in [3.8, 4) is 0 Å². The monoisotopic (exact) mass is 317 g/mol. The number of carbonyl (C=O) groups excluding carboxylic acids is 1. The van der Waals surface area contributed by atoms with Crippen LogP contribution in [0.4, 0.5) is 5.13 Å². The Kier molecular flexibility index (Phi) is 4.65. The van der Waals surface area contributed by atoms with Crippen molar-refractivity contribution in [1.82, 2.24) is 20.1 Å². The maximum Gasteiger partial charge on any atom is 0.223 e. The van der Waals surface area contributed by atoms with Gasteiger partial charge in [-0.3, -0.25) is 14.8 Å². The van der Waals surface area contributed by atoms with E-state index >= 15 is 0 Å². The second kappa shape index (κ2) is 6.85. The van der Waals surface area contributed by atoms with Crippen LogP contribution < -0.4 is 5.32 Å². The van der Waals surface area contributed by atoms with E-state index in [2.05, 4.69) is 31.5 Å². The molecule has 0 aromatic carbocycles. The van der Waals surface area contributed by atoms with E-state index in [1.807, 2.05) is 18.6 Å². The highest BCUT2D eigenvalue weighted by Crippen LogP contribution is 2.24. The summed E-state index contributed by atoms with van der Waals surface area (Å²) in [6, 6.07) is 0. The SMILES string of the molecule is CC(=O)Nc1ncc(CN2CCC(=Cc3cn[nH]c3)CC2)s1. The molecule has 0 aliphatic carbocycles. The lowest BCUT2D eigenvalue weighted by atomic mass is 10.0. The van der Waals surface area contributed by atoms with Crippen molar-refractivity contribution in [2.24, 2.45) is 0 Å². The maximum atomic E-state index is 11.0. The number of amides is 1. The van der Waals surface area contributed by atoms with Gasteiger partial charge in [-0.15, -0.1) is 11.3 Å². The number of nitrogens with zero attached hydrogens (tertiary/aromatic N) is 3. The van der Waals surface area contributed by atoms with Crippen molar-refractivity contribution < 1.29 is 4.79 Å². The summed E-state index contributed by atoms with van der Waals surface area (Å²) in [5.74, 6) is -0.0760. The van der Waals surface area contributed by atoms with Crippen molar-refractivity contribution in [1.29, 1.82) is 0 Å². The molecule has 1 aliphatic heterocycles. The molecule has 6 nitrogen and oxygen atoms in total. The lowest BCUT2D eigenvalue weighted by molar-refractivity contribution is -0.114. The predicted octanol–water partition coefficient (Wildman–Crippen LogP) is 2.50. The molecule has 1 fully saturated rings. The summed E-state index contributed by atoms with van der Waals surface area (Å²) >= 11 is 1.55. The minimum Gasteiger partial charge on any atom is -0.302 e. The minimum atomic E-state index is -0.0760. The van der Waals surface area contributed by atoms with Gasteiger partial charge in [-0.25, -0.2) is 4.98 Å². The minimum absolute atomic E-state index is 0.0760. The number of H-pyrrole nitrogens is 1. The summed E-state index contributed by atoms with van der Waals surface area (Å²) in [7, 11) is 0. The second-order valence-corrected chi connectivity index (χ2v) is 6.54. The number of nitrogens with one attached hydrogen (secondary N) is 2. The van der Waals surface area contributed by atoms with Gasteiger partial charge in [0.25, 0.3) is 0 Å². The van der Waals surface area contributed by atoms with Gasteiger partial charge in [0.2, 0.25) is 5.91 Å². The average molecular weight is 317 g/mol. The van der Waals surface area contributed by atoms with E-state index < -0.39 is 0 Å². The van der Waals surface area contributed by atoms with Crippen LogP contribution in [0.1, 0.15) is 30.2 Å². The van der Waals surface area contributed by atoms with Crippen LogP contribution in [0.3, 0.4) is 0 Å². The van der Waals surface area contributed by atoms with Gasteiger partial charge in [0.05, 0.1) is 6.20 Å². The first-order valence-electron chi connectivity index (χ1n) is 7.32. The standard InChI is InChI=1S/C15H19N5OS/c1-11(21)19-15-16-9-14(22-15)10-20-4-2-12(3-5-20)6-13-7-17-18-8-13/h6-9H,2-5,10H2,1H3,(H,17,18)(H,16,19,21). The molecule has 1 saturated heterocycles. The van der Waals surface area contributed by atoms with E-state index in [0.717, 1.165) is 38.0 Å². The normalized spacial score (nSPS) is 15.8. The van der Waals surface area contributed by atoms with Gasteiger partial charge >= 0.3 is 0 Å². The van der Waals surface area contributed by atoms with Crippen LogP contribution in [0.25, 0.3) is 6.08 Å². The Morgan fingerprint density at radius 2 is 2.27 bits per heavy atom. The third kappa shape index (κ3) is 4.02. The van der Waals surface area contributed by atoms with E-state index in [0.29, 0.717) is 5.13 Å².